The SMILES string of the molecule is CCN(CCN)CCN1CCNC1=O. The van der Waals surface area contributed by atoms with Gasteiger partial charge in [0.15, 0.2) is 0 Å². The van der Waals surface area contributed by atoms with E-state index < -0.39 is 0 Å². The Balaban J connectivity index is 2.20. The van der Waals surface area contributed by atoms with Crippen LogP contribution in [0, 0.1) is 0 Å². The van der Waals surface area contributed by atoms with Crippen LogP contribution in [-0.2, 0) is 0 Å². The van der Waals surface area contributed by atoms with Gasteiger partial charge in [-0.2, -0.15) is 0 Å². The van der Waals surface area contributed by atoms with Gasteiger partial charge in [0, 0.05) is 39.3 Å². The van der Waals surface area contributed by atoms with Crippen LogP contribution in [0.5, 0.6) is 0 Å². The third-order valence-electron chi connectivity index (χ3n) is 2.52. The van der Waals surface area contributed by atoms with E-state index in [1.165, 1.54) is 0 Å². The average Bonchev–Trinajstić information content (AvgIpc) is 2.59. The van der Waals surface area contributed by atoms with Gasteiger partial charge in [0.05, 0.1) is 0 Å². The molecule has 1 fully saturated rings. The van der Waals surface area contributed by atoms with Gasteiger partial charge in [0.2, 0.25) is 0 Å². The largest absolute Gasteiger partial charge is 0.336 e. The van der Waals surface area contributed by atoms with E-state index in [1.807, 2.05) is 4.90 Å². The average molecular weight is 200 g/mol. The van der Waals surface area contributed by atoms with E-state index in [4.69, 9.17) is 5.73 Å². The molecule has 0 aliphatic carbocycles. The van der Waals surface area contributed by atoms with Crippen molar-refractivity contribution >= 4 is 6.03 Å². The number of nitrogens with zero attached hydrogens (tertiary/aromatic N) is 2. The quantitative estimate of drug-likeness (QED) is 0.595. The predicted molar refractivity (Wildman–Crippen MR) is 56.1 cm³/mol. The fourth-order valence-electron chi connectivity index (χ4n) is 1.60. The summed E-state index contributed by atoms with van der Waals surface area (Å²) < 4.78 is 0. The first-order valence-corrected chi connectivity index (χ1v) is 5.23. The molecule has 0 aromatic heterocycles. The van der Waals surface area contributed by atoms with Crippen molar-refractivity contribution in [3.8, 4) is 0 Å². The summed E-state index contributed by atoms with van der Waals surface area (Å²) in [5, 5.41) is 2.79. The van der Waals surface area contributed by atoms with Crippen LogP contribution in [0.25, 0.3) is 0 Å². The molecule has 1 heterocycles. The lowest BCUT2D eigenvalue weighted by Crippen LogP contribution is -2.38. The minimum Gasteiger partial charge on any atom is -0.336 e. The molecule has 3 N–H and O–H groups in total. The minimum absolute atomic E-state index is 0.0637. The third kappa shape index (κ3) is 3.16. The molecule has 5 nitrogen and oxygen atoms in total. The Morgan fingerprint density at radius 3 is 2.86 bits per heavy atom. The highest BCUT2D eigenvalue weighted by Crippen LogP contribution is 1.97. The van der Waals surface area contributed by atoms with Gasteiger partial charge in [0.25, 0.3) is 0 Å². The summed E-state index contributed by atoms with van der Waals surface area (Å²) in [5.41, 5.74) is 5.48. The molecule has 0 unspecified atom stereocenters. The zero-order chi connectivity index (χ0) is 10.4. The number of rotatable bonds is 6. The number of carbonyl (C=O) groups is 1. The standard InChI is InChI=1S/C9H20N4O/c1-2-12(5-3-10)7-8-13-6-4-11-9(13)14/h2-8,10H2,1H3,(H,11,14). The maximum atomic E-state index is 11.2. The molecule has 0 aromatic carbocycles. The summed E-state index contributed by atoms with van der Waals surface area (Å²) in [6.07, 6.45) is 0. The summed E-state index contributed by atoms with van der Waals surface area (Å²) in [4.78, 5) is 15.3. The molecule has 1 aliphatic rings. The lowest BCUT2D eigenvalue weighted by Gasteiger charge is -2.22. The van der Waals surface area contributed by atoms with Crippen LogP contribution in [0.3, 0.4) is 0 Å². The van der Waals surface area contributed by atoms with Gasteiger partial charge in [-0.3, -0.25) is 0 Å². The van der Waals surface area contributed by atoms with Gasteiger partial charge < -0.3 is 20.9 Å². The van der Waals surface area contributed by atoms with Crippen molar-refractivity contribution in [1.29, 1.82) is 0 Å². The van der Waals surface area contributed by atoms with Gasteiger partial charge in [-0.1, -0.05) is 6.92 Å². The maximum absolute atomic E-state index is 11.2. The van der Waals surface area contributed by atoms with Crippen molar-refractivity contribution in [2.75, 3.05) is 45.8 Å². The molecular weight excluding hydrogens is 180 g/mol. The molecular formula is C9H20N4O. The third-order valence-corrected chi connectivity index (χ3v) is 2.52. The number of amides is 2. The Morgan fingerprint density at radius 1 is 1.57 bits per heavy atom. The first-order chi connectivity index (χ1) is 6.77. The molecule has 1 aliphatic heterocycles. The van der Waals surface area contributed by atoms with Gasteiger partial charge >= 0.3 is 6.03 Å². The number of hydrogen-bond acceptors (Lipinski definition) is 3. The fourth-order valence-corrected chi connectivity index (χ4v) is 1.60. The highest BCUT2D eigenvalue weighted by Gasteiger charge is 2.19. The topological polar surface area (TPSA) is 61.6 Å². The number of likely N-dealkylation sites (N-methyl/N-ethyl adjacent to an activating group) is 1. The number of nitrogens with two attached hydrogens (primary N) is 1. The molecule has 0 saturated carbocycles. The second kappa shape index (κ2) is 5.82. The van der Waals surface area contributed by atoms with E-state index >= 15 is 0 Å². The molecule has 82 valence electrons. The van der Waals surface area contributed by atoms with E-state index in [2.05, 4.69) is 17.1 Å². The monoisotopic (exact) mass is 200 g/mol. The Morgan fingerprint density at radius 2 is 2.36 bits per heavy atom. The normalized spacial score (nSPS) is 16.5. The first-order valence-electron chi connectivity index (χ1n) is 5.23. The second-order valence-electron chi connectivity index (χ2n) is 3.44. The van der Waals surface area contributed by atoms with Crippen LogP contribution in [0.1, 0.15) is 6.92 Å². The van der Waals surface area contributed by atoms with Crippen molar-refractivity contribution < 1.29 is 4.79 Å². The highest BCUT2D eigenvalue weighted by atomic mass is 16.2. The van der Waals surface area contributed by atoms with E-state index in [1.54, 1.807) is 0 Å². The fraction of sp³-hybridized carbons (Fsp3) is 0.889. The number of hydrogen-bond donors (Lipinski definition) is 2. The van der Waals surface area contributed by atoms with Gasteiger partial charge in [-0.05, 0) is 6.54 Å². The molecule has 5 heteroatoms. The Hall–Kier alpha value is -0.810. The van der Waals surface area contributed by atoms with Crippen LogP contribution < -0.4 is 11.1 Å². The number of nitrogens with one attached hydrogen (secondary N) is 1. The minimum atomic E-state index is 0.0637. The zero-order valence-corrected chi connectivity index (χ0v) is 8.83. The van der Waals surface area contributed by atoms with E-state index in [-0.39, 0.29) is 6.03 Å². The van der Waals surface area contributed by atoms with Crippen LogP contribution >= 0.6 is 0 Å². The van der Waals surface area contributed by atoms with Crippen molar-refractivity contribution in [1.82, 2.24) is 15.1 Å². The van der Waals surface area contributed by atoms with Gasteiger partial charge in [-0.25, -0.2) is 4.79 Å². The van der Waals surface area contributed by atoms with E-state index in [0.717, 1.165) is 39.3 Å². The molecule has 14 heavy (non-hydrogen) atoms. The van der Waals surface area contributed by atoms with Crippen molar-refractivity contribution in [3.05, 3.63) is 0 Å². The highest BCUT2D eigenvalue weighted by molar-refractivity contribution is 5.76. The van der Waals surface area contributed by atoms with Crippen LogP contribution in [-0.4, -0.2) is 61.6 Å². The second-order valence-corrected chi connectivity index (χ2v) is 3.44. The van der Waals surface area contributed by atoms with Crippen LogP contribution in [0.15, 0.2) is 0 Å². The van der Waals surface area contributed by atoms with Crippen LogP contribution in [0.4, 0.5) is 4.79 Å². The molecule has 0 aromatic rings. The molecule has 0 bridgehead atoms. The summed E-state index contributed by atoms with van der Waals surface area (Å²) in [7, 11) is 0. The van der Waals surface area contributed by atoms with Crippen molar-refractivity contribution in [2.45, 2.75) is 6.92 Å². The first kappa shape index (κ1) is 11.3. The Bertz CT molecular complexity index is 186. The predicted octanol–water partition coefficient (Wildman–Crippen LogP) is -0.708. The lowest BCUT2D eigenvalue weighted by atomic mass is 10.4. The number of urea groups is 1. The molecule has 2 amide bonds. The van der Waals surface area contributed by atoms with E-state index in [0.29, 0.717) is 6.54 Å². The molecule has 0 spiro atoms. The molecule has 1 rings (SSSR count). The Labute approximate surface area is 85.2 Å². The summed E-state index contributed by atoms with van der Waals surface area (Å²) in [5.74, 6) is 0. The molecule has 0 atom stereocenters. The van der Waals surface area contributed by atoms with Crippen molar-refractivity contribution in [3.63, 3.8) is 0 Å². The van der Waals surface area contributed by atoms with Gasteiger partial charge in [0.1, 0.15) is 0 Å². The van der Waals surface area contributed by atoms with Crippen molar-refractivity contribution in [2.24, 2.45) is 5.73 Å². The number of carbonyl (C=O) groups excluding carboxylic acids is 1. The van der Waals surface area contributed by atoms with Crippen LogP contribution in [0.2, 0.25) is 0 Å². The summed E-state index contributed by atoms with van der Waals surface area (Å²) >= 11 is 0. The zero-order valence-electron chi connectivity index (χ0n) is 8.83. The smallest absolute Gasteiger partial charge is 0.317 e. The molecule has 1 saturated heterocycles. The summed E-state index contributed by atoms with van der Waals surface area (Å²) in [6, 6.07) is 0.0637. The maximum Gasteiger partial charge on any atom is 0.317 e. The molecule has 0 radical (unpaired) electrons. The Kier molecular flexibility index (Phi) is 4.69. The summed E-state index contributed by atoms with van der Waals surface area (Å²) in [6.45, 7) is 8.03. The lowest BCUT2D eigenvalue weighted by molar-refractivity contribution is 0.204. The van der Waals surface area contributed by atoms with Gasteiger partial charge in [-0.15, -0.1) is 0 Å². The van der Waals surface area contributed by atoms with E-state index in [9.17, 15) is 4.79 Å².